The van der Waals surface area contributed by atoms with E-state index in [1.807, 2.05) is 60.7 Å². The molecule has 0 saturated carbocycles. The van der Waals surface area contributed by atoms with E-state index in [1.165, 1.54) is 0 Å². The summed E-state index contributed by atoms with van der Waals surface area (Å²) in [6.07, 6.45) is 5.13. The molecule has 0 aromatic heterocycles. The zero-order valence-corrected chi connectivity index (χ0v) is 17.8. The monoisotopic (exact) mass is 405 g/mol. The topological polar surface area (TPSA) is 61.4 Å². The summed E-state index contributed by atoms with van der Waals surface area (Å²) in [4.78, 5) is 27.1. The van der Waals surface area contributed by atoms with Crippen molar-refractivity contribution in [3.05, 3.63) is 71.8 Å². The van der Waals surface area contributed by atoms with Crippen molar-refractivity contribution in [2.45, 2.75) is 32.7 Å². The Morgan fingerprint density at radius 1 is 1.03 bits per heavy atom. The highest BCUT2D eigenvalue weighted by Gasteiger charge is 2.23. The average Bonchev–Trinajstić information content (AvgIpc) is 2.77. The Morgan fingerprint density at radius 3 is 2.40 bits per heavy atom. The number of anilines is 1. The van der Waals surface area contributed by atoms with Gasteiger partial charge in [-0.2, -0.15) is 0 Å². The Balaban J connectivity index is 1.54. The fraction of sp³-hybridized carbons (Fsp3) is 0.360. The number of amides is 2. The molecule has 0 radical (unpaired) electrons. The Hall–Kier alpha value is -3.08. The molecule has 2 amide bonds. The number of hydrogen-bond donors (Lipinski definition) is 2. The fourth-order valence-corrected chi connectivity index (χ4v) is 3.58. The maximum atomic E-state index is 12.6. The highest BCUT2D eigenvalue weighted by atomic mass is 16.2. The number of carbonyl (C=O) groups excluding carboxylic acids is 2. The highest BCUT2D eigenvalue weighted by Crippen LogP contribution is 2.24. The second kappa shape index (κ2) is 10.6. The number of rotatable bonds is 7. The summed E-state index contributed by atoms with van der Waals surface area (Å²) in [5.41, 5.74) is 2.69. The van der Waals surface area contributed by atoms with Gasteiger partial charge in [-0.05, 0) is 42.5 Å². The number of nitrogens with one attached hydrogen (secondary N) is 2. The van der Waals surface area contributed by atoms with E-state index in [1.54, 1.807) is 6.08 Å². The van der Waals surface area contributed by atoms with Crippen molar-refractivity contribution in [2.24, 2.45) is 5.92 Å². The van der Waals surface area contributed by atoms with Crippen LogP contribution in [0.5, 0.6) is 0 Å². The lowest BCUT2D eigenvalue weighted by molar-refractivity contribution is -0.117. The Kier molecular flexibility index (Phi) is 7.66. The van der Waals surface area contributed by atoms with E-state index < -0.39 is 0 Å². The quantitative estimate of drug-likeness (QED) is 0.688. The predicted octanol–water partition coefficient (Wildman–Crippen LogP) is 3.87. The van der Waals surface area contributed by atoms with Gasteiger partial charge in [-0.3, -0.25) is 9.59 Å². The summed E-state index contributed by atoms with van der Waals surface area (Å²) in [6.45, 7) is 6.45. The second-order valence-electron chi connectivity index (χ2n) is 8.13. The van der Waals surface area contributed by atoms with Crippen molar-refractivity contribution in [2.75, 3.05) is 24.5 Å². The number of carbonyl (C=O) groups is 2. The third-order valence-corrected chi connectivity index (χ3v) is 5.23. The van der Waals surface area contributed by atoms with Gasteiger partial charge in [0.2, 0.25) is 5.91 Å². The maximum Gasteiger partial charge on any atom is 0.253 e. The standard InChI is InChI=1S/C25H31N3O2/c1-19(2)18-26-25(30)22-10-6-7-11-23(22)28-16-14-21(15-17-28)27-24(29)13-12-20-8-4-3-5-9-20/h3-13,19,21H,14-18H2,1-2H3,(H,26,30)(H,27,29)/b13-12+. The molecule has 1 fully saturated rings. The lowest BCUT2D eigenvalue weighted by Crippen LogP contribution is -2.44. The van der Waals surface area contributed by atoms with Gasteiger partial charge in [0.15, 0.2) is 0 Å². The molecule has 2 N–H and O–H groups in total. The van der Waals surface area contributed by atoms with Crippen LogP contribution in [-0.2, 0) is 4.79 Å². The summed E-state index contributed by atoms with van der Waals surface area (Å²) >= 11 is 0. The molecule has 3 rings (SSSR count). The van der Waals surface area contributed by atoms with Gasteiger partial charge in [0.1, 0.15) is 0 Å². The lowest BCUT2D eigenvalue weighted by Gasteiger charge is -2.34. The number of nitrogens with zero attached hydrogens (tertiary/aromatic N) is 1. The van der Waals surface area contributed by atoms with Gasteiger partial charge in [0, 0.05) is 37.4 Å². The second-order valence-corrected chi connectivity index (χ2v) is 8.13. The molecule has 0 unspecified atom stereocenters. The molecule has 5 heteroatoms. The molecule has 2 aromatic rings. The molecule has 1 aliphatic rings. The number of para-hydroxylation sites is 1. The van der Waals surface area contributed by atoms with E-state index in [-0.39, 0.29) is 17.9 Å². The molecule has 1 aliphatic heterocycles. The first-order valence-electron chi connectivity index (χ1n) is 10.7. The Labute approximate surface area is 179 Å². The highest BCUT2D eigenvalue weighted by molar-refractivity contribution is 5.99. The molecular weight excluding hydrogens is 374 g/mol. The van der Waals surface area contributed by atoms with Gasteiger partial charge >= 0.3 is 0 Å². The largest absolute Gasteiger partial charge is 0.371 e. The van der Waals surface area contributed by atoms with E-state index in [2.05, 4.69) is 29.4 Å². The van der Waals surface area contributed by atoms with Crippen molar-refractivity contribution in [3.63, 3.8) is 0 Å². The van der Waals surface area contributed by atoms with Gasteiger partial charge in [-0.15, -0.1) is 0 Å². The first-order valence-corrected chi connectivity index (χ1v) is 10.7. The molecule has 30 heavy (non-hydrogen) atoms. The number of piperidine rings is 1. The number of hydrogen-bond acceptors (Lipinski definition) is 3. The molecule has 0 spiro atoms. The van der Waals surface area contributed by atoms with Crippen molar-refractivity contribution in [1.82, 2.24) is 10.6 Å². The normalized spacial score (nSPS) is 14.8. The minimum absolute atomic E-state index is 0.0271. The zero-order chi connectivity index (χ0) is 21.3. The Morgan fingerprint density at radius 2 is 1.70 bits per heavy atom. The van der Waals surface area contributed by atoms with E-state index in [4.69, 9.17) is 0 Å². The van der Waals surface area contributed by atoms with Crippen LogP contribution in [-0.4, -0.2) is 37.5 Å². The minimum Gasteiger partial charge on any atom is -0.371 e. The van der Waals surface area contributed by atoms with Gasteiger partial charge in [-0.1, -0.05) is 56.3 Å². The maximum absolute atomic E-state index is 12.6. The van der Waals surface area contributed by atoms with Crippen LogP contribution in [0.3, 0.4) is 0 Å². The predicted molar refractivity (Wildman–Crippen MR) is 122 cm³/mol. The first kappa shape index (κ1) is 21.6. The van der Waals surface area contributed by atoms with Crippen LogP contribution in [0.1, 0.15) is 42.6 Å². The van der Waals surface area contributed by atoms with Crippen LogP contribution in [0.15, 0.2) is 60.7 Å². The van der Waals surface area contributed by atoms with Crippen LogP contribution in [0, 0.1) is 5.92 Å². The molecule has 0 aliphatic carbocycles. The van der Waals surface area contributed by atoms with E-state index >= 15 is 0 Å². The fourth-order valence-electron chi connectivity index (χ4n) is 3.58. The van der Waals surface area contributed by atoms with E-state index in [0.29, 0.717) is 18.0 Å². The molecule has 1 saturated heterocycles. The number of benzene rings is 2. The summed E-state index contributed by atoms with van der Waals surface area (Å²) in [5.74, 6) is 0.322. The molecule has 1 heterocycles. The van der Waals surface area contributed by atoms with Gasteiger partial charge in [-0.25, -0.2) is 0 Å². The Bertz CT molecular complexity index is 869. The van der Waals surface area contributed by atoms with E-state index in [0.717, 1.165) is 37.2 Å². The minimum atomic E-state index is -0.0641. The molecule has 0 atom stereocenters. The third-order valence-electron chi connectivity index (χ3n) is 5.23. The summed E-state index contributed by atoms with van der Waals surface area (Å²) in [6, 6.07) is 17.7. The smallest absolute Gasteiger partial charge is 0.253 e. The lowest BCUT2D eigenvalue weighted by atomic mass is 10.0. The van der Waals surface area contributed by atoms with Crippen molar-refractivity contribution < 1.29 is 9.59 Å². The zero-order valence-electron chi connectivity index (χ0n) is 17.8. The third kappa shape index (κ3) is 6.21. The van der Waals surface area contributed by atoms with Crippen LogP contribution in [0.2, 0.25) is 0 Å². The van der Waals surface area contributed by atoms with Crippen molar-refractivity contribution in [1.29, 1.82) is 0 Å². The molecule has 5 nitrogen and oxygen atoms in total. The molecular formula is C25H31N3O2. The average molecular weight is 406 g/mol. The van der Waals surface area contributed by atoms with Gasteiger partial charge in [0.25, 0.3) is 5.91 Å². The summed E-state index contributed by atoms with van der Waals surface area (Å²) in [5, 5.41) is 6.11. The van der Waals surface area contributed by atoms with Crippen molar-refractivity contribution >= 4 is 23.6 Å². The molecule has 2 aromatic carbocycles. The summed E-state index contributed by atoms with van der Waals surface area (Å²) in [7, 11) is 0. The SMILES string of the molecule is CC(C)CNC(=O)c1ccccc1N1CCC(NC(=O)/C=C/c2ccccc2)CC1. The molecule has 158 valence electrons. The van der Waals surface area contributed by atoms with Gasteiger partial charge < -0.3 is 15.5 Å². The molecule has 0 bridgehead atoms. The van der Waals surface area contributed by atoms with Crippen LogP contribution in [0.4, 0.5) is 5.69 Å². The van der Waals surface area contributed by atoms with Crippen LogP contribution < -0.4 is 15.5 Å². The summed E-state index contributed by atoms with van der Waals surface area (Å²) < 4.78 is 0. The van der Waals surface area contributed by atoms with E-state index in [9.17, 15) is 9.59 Å². The van der Waals surface area contributed by atoms with Gasteiger partial charge in [0.05, 0.1) is 5.56 Å². The first-order chi connectivity index (χ1) is 14.5. The van der Waals surface area contributed by atoms with Crippen molar-refractivity contribution in [3.8, 4) is 0 Å². The van der Waals surface area contributed by atoms with Crippen LogP contribution >= 0.6 is 0 Å². The van der Waals surface area contributed by atoms with Crippen LogP contribution in [0.25, 0.3) is 6.08 Å².